The van der Waals surface area contributed by atoms with Crippen molar-refractivity contribution in [3.63, 3.8) is 0 Å². The van der Waals surface area contributed by atoms with Crippen LogP contribution in [-0.2, 0) is 16.3 Å². The average molecular weight is 354 g/mol. The van der Waals surface area contributed by atoms with Crippen LogP contribution < -0.4 is 5.32 Å². The molecule has 0 amide bonds. The summed E-state index contributed by atoms with van der Waals surface area (Å²) in [5, 5.41) is 4.38. The van der Waals surface area contributed by atoms with Gasteiger partial charge in [0.15, 0.2) is 0 Å². The highest BCUT2D eigenvalue weighted by molar-refractivity contribution is 7.91. The van der Waals surface area contributed by atoms with Gasteiger partial charge in [-0.05, 0) is 49.6 Å². The Morgan fingerprint density at radius 1 is 1.04 bits per heavy atom. The van der Waals surface area contributed by atoms with Crippen LogP contribution in [0.1, 0.15) is 24.8 Å². The molecule has 1 heterocycles. The molecule has 1 saturated carbocycles. The van der Waals surface area contributed by atoms with Crippen molar-refractivity contribution in [3.8, 4) is 0 Å². The normalized spacial score (nSPS) is 15.4. The smallest absolute Gasteiger partial charge is 0.208 e. The van der Waals surface area contributed by atoms with Crippen molar-refractivity contribution in [2.24, 2.45) is 0 Å². The molecule has 4 rings (SSSR count). The number of hydrogen-bond donors (Lipinski definition) is 2. The van der Waals surface area contributed by atoms with Crippen molar-refractivity contribution < 1.29 is 8.42 Å². The van der Waals surface area contributed by atoms with Gasteiger partial charge in [-0.2, -0.15) is 0 Å². The Bertz CT molecular complexity index is 973. The zero-order valence-electron chi connectivity index (χ0n) is 14.0. The third kappa shape index (κ3) is 3.10. The van der Waals surface area contributed by atoms with Crippen LogP contribution >= 0.6 is 0 Å². The summed E-state index contributed by atoms with van der Waals surface area (Å²) < 4.78 is 26.1. The van der Waals surface area contributed by atoms with E-state index in [9.17, 15) is 8.42 Å². The van der Waals surface area contributed by atoms with Crippen molar-refractivity contribution in [3.05, 3.63) is 60.3 Å². The summed E-state index contributed by atoms with van der Waals surface area (Å²) in [4.78, 5) is 3.83. The van der Waals surface area contributed by atoms with Gasteiger partial charge in [-0.3, -0.25) is 0 Å². The van der Waals surface area contributed by atoms with E-state index in [1.807, 2.05) is 24.3 Å². The molecule has 0 aliphatic heterocycles. The van der Waals surface area contributed by atoms with Crippen molar-refractivity contribution >= 4 is 20.7 Å². The van der Waals surface area contributed by atoms with E-state index in [1.165, 1.54) is 19.3 Å². The fourth-order valence-electron chi connectivity index (χ4n) is 3.40. The van der Waals surface area contributed by atoms with Crippen molar-refractivity contribution in [1.82, 2.24) is 10.3 Å². The molecule has 0 atom stereocenters. The van der Waals surface area contributed by atoms with Crippen LogP contribution in [0.15, 0.2) is 64.5 Å². The molecule has 2 N–H and O–H groups in total. The lowest BCUT2D eigenvalue weighted by Gasteiger charge is -2.26. The predicted octanol–water partition coefficient (Wildman–Crippen LogP) is 3.69. The van der Waals surface area contributed by atoms with Crippen LogP contribution in [0.3, 0.4) is 0 Å². The maximum atomic E-state index is 13.1. The van der Waals surface area contributed by atoms with Crippen molar-refractivity contribution in [2.45, 2.75) is 41.5 Å². The van der Waals surface area contributed by atoms with Gasteiger partial charge in [-0.15, -0.1) is 0 Å². The minimum absolute atomic E-state index is 0.332. The Hall–Kier alpha value is -2.11. The lowest BCUT2D eigenvalue weighted by molar-refractivity contribution is 0.342. The van der Waals surface area contributed by atoms with Gasteiger partial charge in [0.05, 0.1) is 9.79 Å². The van der Waals surface area contributed by atoms with Gasteiger partial charge in [0, 0.05) is 23.1 Å². The second-order valence-corrected chi connectivity index (χ2v) is 8.56. The number of aromatic amines is 1. The number of nitrogens with one attached hydrogen (secondary N) is 2. The average Bonchev–Trinajstić information content (AvgIpc) is 3.03. The second-order valence-electron chi connectivity index (χ2n) is 6.64. The van der Waals surface area contributed by atoms with E-state index in [2.05, 4.69) is 10.3 Å². The lowest BCUT2D eigenvalue weighted by Crippen LogP contribution is -2.36. The number of fused-ring (bicyclic) bond motifs is 1. The highest BCUT2D eigenvalue weighted by atomic mass is 32.2. The third-order valence-corrected chi connectivity index (χ3v) is 6.83. The van der Waals surface area contributed by atoms with Gasteiger partial charge in [-0.25, -0.2) is 8.42 Å². The Labute approximate surface area is 148 Å². The van der Waals surface area contributed by atoms with E-state index in [0.29, 0.717) is 15.8 Å². The zero-order valence-corrected chi connectivity index (χ0v) is 14.9. The second kappa shape index (κ2) is 6.65. The maximum Gasteiger partial charge on any atom is 0.208 e. The molecule has 2 aromatic carbocycles. The van der Waals surface area contributed by atoms with E-state index in [-0.39, 0.29) is 0 Å². The van der Waals surface area contributed by atoms with E-state index in [0.717, 1.165) is 29.4 Å². The SMILES string of the molecule is O=S(=O)(c1ccccc1)c1c[nH]c2cccc(CCNC3CCC3)c12. The molecule has 0 bridgehead atoms. The van der Waals surface area contributed by atoms with E-state index in [4.69, 9.17) is 0 Å². The quantitative estimate of drug-likeness (QED) is 0.710. The molecular weight excluding hydrogens is 332 g/mol. The summed E-state index contributed by atoms with van der Waals surface area (Å²) in [6, 6.07) is 15.2. The van der Waals surface area contributed by atoms with Crippen LogP contribution in [0.2, 0.25) is 0 Å². The fourth-order valence-corrected chi connectivity index (χ4v) is 4.89. The molecule has 1 aliphatic rings. The molecule has 0 spiro atoms. The molecule has 1 aliphatic carbocycles. The van der Waals surface area contributed by atoms with Crippen LogP contribution in [0.4, 0.5) is 0 Å². The number of H-pyrrole nitrogens is 1. The van der Waals surface area contributed by atoms with Crippen molar-refractivity contribution in [1.29, 1.82) is 0 Å². The lowest BCUT2D eigenvalue weighted by atomic mass is 9.93. The number of sulfone groups is 1. The number of hydrogen-bond acceptors (Lipinski definition) is 3. The largest absolute Gasteiger partial charge is 0.360 e. The maximum absolute atomic E-state index is 13.1. The third-order valence-electron chi connectivity index (χ3n) is 5.03. The molecule has 4 nitrogen and oxygen atoms in total. The topological polar surface area (TPSA) is 62.0 Å². The molecular formula is C20H22N2O2S. The Morgan fingerprint density at radius 3 is 2.56 bits per heavy atom. The Balaban J connectivity index is 1.70. The van der Waals surface area contributed by atoms with Gasteiger partial charge in [0.1, 0.15) is 0 Å². The summed E-state index contributed by atoms with van der Waals surface area (Å²) in [7, 11) is -3.53. The molecule has 0 unspecified atom stereocenters. The first-order valence-electron chi connectivity index (χ1n) is 8.79. The molecule has 0 radical (unpaired) electrons. The first-order valence-corrected chi connectivity index (χ1v) is 10.3. The minimum atomic E-state index is -3.53. The highest BCUT2D eigenvalue weighted by Gasteiger charge is 2.23. The minimum Gasteiger partial charge on any atom is -0.360 e. The Morgan fingerprint density at radius 2 is 1.84 bits per heavy atom. The first kappa shape index (κ1) is 16.4. The first-order chi connectivity index (χ1) is 12.2. The van der Waals surface area contributed by atoms with Crippen molar-refractivity contribution in [2.75, 3.05) is 6.54 Å². The molecule has 130 valence electrons. The number of aromatic nitrogens is 1. The standard InChI is InChI=1S/C20H22N2O2S/c23-25(24,17-9-2-1-3-10-17)19-14-22-18-11-4-6-15(20(18)19)12-13-21-16-7-5-8-16/h1-4,6,9-11,14,16,21-22H,5,7-8,12-13H2. The van der Waals surface area contributed by atoms with Crippen LogP contribution in [0, 0.1) is 0 Å². The van der Waals surface area contributed by atoms with Crippen LogP contribution in [-0.4, -0.2) is 26.0 Å². The zero-order chi connectivity index (χ0) is 17.3. The predicted molar refractivity (Wildman–Crippen MR) is 99.5 cm³/mol. The number of rotatable bonds is 6. The van der Waals surface area contributed by atoms with E-state index in [1.54, 1.807) is 30.5 Å². The Kier molecular flexibility index (Phi) is 4.36. The van der Waals surface area contributed by atoms with Gasteiger partial charge in [0.2, 0.25) is 9.84 Å². The van der Waals surface area contributed by atoms with Gasteiger partial charge in [0.25, 0.3) is 0 Å². The van der Waals surface area contributed by atoms with Gasteiger partial charge >= 0.3 is 0 Å². The van der Waals surface area contributed by atoms with Crippen LogP contribution in [0.25, 0.3) is 10.9 Å². The summed E-state index contributed by atoms with van der Waals surface area (Å²) in [6.07, 6.45) is 6.26. The summed E-state index contributed by atoms with van der Waals surface area (Å²) in [6.45, 7) is 0.875. The molecule has 1 fully saturated rings. The monoisotopic (exact) mass is 354 g/mol. The van der Waals surface area contributed by atoms with Gasteiger partial charge < -0.3 is 10.3 Å². The molecule has 25 heavy (non-hydrogen) atoms. The van der Waals surface area contributed by atoms with E-state index >= 15 is 0 Å². The number of benzene rings is 2. The summed E-state index contributed by atoms with van der Waals surface area (Å²) in [5.74, 6) is 0. The van der Waals surface area contributed by atoms with E-state index < -0.39 is 9.84 Å². The van der Waals surface area contributed by atoms with Gasteiger partial charge in [-0.1, -0.05) is 36.8 Å². The fraction of sp³-hybridized carbons (Fsp3) is 0.300. The summed E-state index contributed by atoms with van der Waals surface area (Å²) >= 11 is 0. The summed E-state index contributed by atoms with van der Waals surface area (Å²) in [5.41, 5.74) is 1.94. The highest BCUT2D eigenvalue weighted by Crippen LogP contribution is 2.31. The molecule has 5 heteroatoms. The molecule has 0 saturated heterocycles. The molecule has 3 aromatic rings. The van der Waals surface area contributed by atoms with Crippen LogP contribution in [0.5, 0.6) is 0 Å². The molecule has 1 aromatic heterocycles.